The maximum absolute atomic E-state index is 12.2. The summed E-state index contributed by atoms with van der Waals surface area (Å²) in [6.07, 6.45) is 2.14. The number of hydrogen-bond donors (Lipinski definition) is 1. The number of amides is 1. The largest absolute Gasteiger partial charge is 0.479 e. The van der Waals surface area contributed by atoms with Crippen molar-refractivity contribution >= 4 is 11.9 Å². The first-order chi connectivity index (χ1) is 8.47. The third-order valence-corrected chi connectivity index (χ3v) is 3.75. The first-order valence-electron chi connectivity index (χ1n) is 6.50. The van der Waals surface area contributed by atoms with Crippen molar-refractivity contribution in [3.05, 3.63) is 0 Å². The van der Waals surface area contributed by atoms with Crippen LogP contribution in [0.1, 0.15) is 39.5 Å². The van der Waals surface area contributed by atoms with Gasteiger partial charge in [-0.3, -0.25) is 4.79 Å². The van der Waals surface area contributed by atoms with Crippen LogP contribution in [-0.2, 0) is 14.3 Å². The van der Waals surface area contributed by atoms with Gasteiger partial charge in [-0.15, -0.1) is 0 Å². The number of likely N-dealkylation sites (tertiary alicyclic amines) is 1. The molecule has 0 aromatic rings. The Hall–Kier alpha value is -1.10. The predicted molar refractivity (Wildman–Crippen MR) is 67.3 cm³/mol. The van der Waals surface area contributed by atoms with E-state index in [9.17, 15) is 14.7 Å². The molecule has 0 aromatic heterocycles. The molecule has 104 valence electrons. The number of carbonyl (C=O) groups excluding carboxylic acids is 1. The number of carbonyl (C=O) groups is 2. The number of rotatable bonds is 6. The molecule has 0 aromatic carbocycles. The smallest absolute Gasteiger partial charge is 0.329 e. The molecule has 0 spiro atoms. The second-order valence-electron chi connectivity index (χ2n) is 5.10. The molecule has 18 heavy (non-hydrogen) atoms. The van der Waals surface area contributed by atoms with Gasteiger partial charge in [0, 0.05) is 26.7 Å². The lowest BCUT2D eigenvalue weighted by molar-refractivity contribution is -0.157. The van der Waals surface area contributed by atoms with Crippen LogP contribution in [-0.4, -0.2) is 47.7 Å². The molecular weight excluding hydrogens is 234 g/mol. The summed E-state index contributed by atoms with van der Waals surface area (Å²) in [4.78, 5) is 25.2. The number of carboxylic acid groups (broad SMARTS) is 1. The van der Waals surface area contributed by atoms with Crippen molar-refractivity contribution in [2.75, 3.05) is 20.3 Å². The topological polar surface area (TPSA) is 66.8 Å². The van der Waals surface area contributed by atoms with E-state index in [2.05, 4.69) is 0 Å². The highest BCUT2D eigenvalue weighted by Crippen LogP contribution is 2.33. The van der Waals surface area contributed by atoms with Gasteiger partial charge in [0.2, 0.25) is 5.91 Å². The van der Waals surface area contributed by atoms with E-state index in [0.717, 1.165) is 6.42 Å². The summed E-state index contributed by atoms with van der Waals surface area (Å²) in [7, 11) is 1.60. The third-order valence-electron chi connectivity index (χ3n) is 3.75. The minimum absolute atomic E-state index is 0.0682. The molecule has 1 amide bonds. The van der Waals surface area contributed by atoms with Gasteiger partial charge >= 0.3 is 5.97 Å². The number of methoxy groups -OCH3 is 1. The number of ether oxygens (including phenoxy) is 1. The molecule has 2 unspecified atom stereocenters. The molecule has 1 aliphatic heterocycles. The Bertz CT molecular complexity index is 318. The fraction of sp³-hybridized carbons (Fsp3) is 0.846. The summed E-state index contributed by atoms with van der Waals surface area (Å²) in [5.74, 6) is -0.831. The molecule has 0 aliphatic carbocycles. The Morgan fingerprint density at radius 2 is 2.17 bits per heavy atom. The SMILES string of the molecule is CCC1(C(=O)O)CCCN1C(=O)CC(C)COC. The van der Waals surface area contributed by atoms with Crippen molar-refractivity contribution < 1.29 is 19.4 Å². The fourth-order valence-electron chi connectivity index (χ4n) is 2.73. The molecule has 1 N–H and O–H groups in total. The highest BCUT2D eigenvalue weighted by molar-refractivity contribution is 5.87. The molecule has 5 heteroatoms. The molecule has 2 atom stereocenters. The zero-order chi connectivity index (χ0) is 13.8. The average molecular weight is 257 g/mol. The molecular formula is C13H23NO4. The molecule has 1 fully saturated rings. The minimum atomic E-state index is -0.982. The standard InChI is InChI=1S/C13H23NO4/c1-4-13(12(16)17)6-5-7-14(13)11(15)8-10(2)9-18-3/h10H,4-9H2,1-3H3,(H,16,17). The van der Waals surface area contributed by atoms with Gasteiger partial charge in [-0.2, -0.15) is 0 Å². The normalized spacial score (nSPS) is 25.2. The van der Waals surface area contributed by atoms with Crippen molar-refractivity contribution in [2.45, 2.75) is 45.1 Å². The molecule has 0 radical (unpaired) electrons. The first-order valence-corrected chi connectivity index (χ1v) is 6.50. The maximum Gasteiger partial charge on any atom is 0.329 e. The Labute approximate surface area is 108 Å². The summed E-state index contributed by atoms with van der Waals surface area (Å²) >= 11 is 0. The number of aliphatic carboxylic acids is 1. The van der Waals surface area contributed by atoms with Crippen LogP contribution in [0.15, 0.2) is 0 Å². The lowest BCUT2D eigenvalue weighted by Crippen LogP contribution is -2.53. The van der Waals surface area contributed by atoms with Gasteiger partial charge in [0.05, 0.1) is 0 Å². The minimum Gasteiger partial charge on any atom is -0.479 e. The van der Waals surface area contributed by atoms with E-state index in [0.29, 0.717) is 32.4 Å². The Morgan fingerprint density at radius 1 is 1.50 bits per heavy atom. The van der Waals surface area contributed by atoms with Crippen molar-refractivity contribution in [3.63, 3.8) is 0 Å². The molecule has 1 aliphatic rings. The predicted octanol–water partition coefficient (Wildman–Crippen LogP) is 1.51. The Morgan fingerprint density at radius 3 is 2.67 bits per heavy atom. The van der Waals surface area contributed by atoms with Gasteiger partial charge in [-0.1, -0.05) is 13.8 Å². The summed E-state index contributed by atoms with van der Waals surface area (Å²) < 4.78 is 5.01. The first kappa shape index (κ1) is 15.0. The molecule has 0 bridgehead atoms. The van der Waals surface area contributed by atoms with Crippen LogP contribution < -0.4 is 0 Å². The van der Waals surface area contributed by atoms with E-state index >= 15 is 0 Å². The lowest BCUT2D eigenvalue weighted by Gasteiger charge is -2.34. The summed E-state index contributed by atoms with van der Waals surface area (Å²) in [5.41, 5.74) is -0.982. The van der Waals surface area contributed by atoms with Crippen molar-refractivity contribution in [2.24, 2.45) is 5.92 Å². The lowest BCUT2D eigenvalue weighted by atomic mass is 9.92. The van der Waals surface area contributed by atoms with Gasteiger partial charge < -0.3 is 14.7 Å². The van der Waals surface area contributed by atoms with Crippen molar-refractivity contribution in [1.29, 1.82) is 0 Å². The highest BCUT2D eigenvalue weighted by atomic mass is 16.5. The third kappa shape index (κ3) is 2.83. The van der Waals surface area contributed by atoms with Gasteiger partial charge in [-0.05, 0) is 25.2 Å². The molecule has 5 nitrogen and oxygen atoms in total. The quantitative estimate of drug-likeness (QED) is 0.783. The van der Waals surface area contributed by atoms with E-state index in [1.54, 1.807) is 12.0 Å². The summed E-state index contributed by atoms with van der Waals surface area (Å²) in [6.45, 7) is 4.84. The van der Waals surface area contributed by atoms with Gasteiger partial charge in [0.1, 0.15) is 5.54 Å². The zero-order valence-electron chi connectivity index (χ0n) is 11.4. The number of nitrogens with zero attached hydrogens (tertiary/aromatic N) is 1. The highest BCUT2D eigenvalue weighted by Gasteiger charge is 2.48. The van der Waals surface area contributed by atoms with E-state index in [-0.39, 0.29) is 11.8 Å². The molecule has 1 saturated heterocycles. The van der Waals surface area contributed by atoms with Crippen LogP contribution in [0.3, 0.4) is 0 Å². The van der Waals surface area contributed by atoms with Gasteiger partial charge in [0.15, 0.2) is 0 Å². The number of carboxylic acids is 1. The average Bonchev–Trinajstić information content (AvgIpc) is 2.73. The zero-order valence-corrected chi connectivity index (χ0v) is 11.4. The van der Waals surface area contributed by atoms with E-state index in [1.165, 1.54) is 0 Å². The van der Waals surface area contributed by atoms with E-state index in [1.807, 2.05) is 13.8 Å². The van der Waals surface area contributed by atoms with Crippen LogP contribution in [0, 0.1) is 5.92 Å². The molecule has 1 rings (SSSR count). The van der Waals surface area contributed by atoms with Crippen molar-refractivity contribution in [1.82, 2.24) is 4.90 Å². The maximum atomic E-state index is 12.2. The number of hydrogen-bond acceptors (Lipinski definition) is 3. The molecule has 1 heterocycles. The van der Waals surface area contributed by atoms with Crippen LogP contribution in [0.5, 0.6) is 0 Å². The van der Waals surface area contributed by atoms with Crippen LogP contribution in [0.25, 0.3) is 0 Å². The van der Waals surface area contributed by atoms with Crippen LogP contribution in [0.2, 0.25) is 0 Å². The monoisotopic (exact) mass is 257 g/mol. The fourth-order valence-corrected chi connectivity index (χ4v) is 2.73. The Kier molecular flexibility index (Phi) is 5.14. The van der Waals surface area contributed by atoms with Crippen molar-refractivity contribution in [3.8, 4) is 0 Å². The van der Waals surface area contributed by atoms with Gasteiger partial charge in [-0.25, -0.2) is 4.79 Å². The molecule has 0 saturated carbocycles. The Balaban J connectivity index is 2.75. The second-order valence-corrected chi connectivity index (χ2v) is 5.10. The summed E-state index contributed by atoms with van der Waals surface area (Å²) in [6, 6.07) is 0. The second kappa shape index (κ2) is 6.18. The van der Waals surface area contributed by atoms with Crippen LogP contribution in [0.4, 0.5) is 0 Å². The van der Waals surface area contributed by atoms with E-state index < -0.39 is 11.5 Å². The summed E-state index contributed by atoms with van der Waals surface area (Å²) in [5, 5.41) is 9.40. The van der Waals surface area contributed by atoms with E-state index in [4.69, 9.17) is 4.74 Å². The van der Waals surface area contributed by atoms with Crippen LogP contribution >= 0.6 is 0 Å². The van der Waals surface area contributed by atoms with Gasteiger partial charge in [0.25, 0.3) is 0 Å².